The van der Waals surface area contributed by atoms with Crippen LogP contribution in [0.5, 0.6) is 0 Å². The lowest BCUT2D eigenvalue weighted by Gasteiger charge is -2.11. The average Bonchev–Trinajstić information content (AvgIpc) is 2.95. The molecule has 0 aliphatic rings. The number of para-hydroxylation sites is 1. The first-order chi connectivity index (χ1) is 10.1. The van der Waals surface area contributed by atoms with Crippen LogP contribution < -0.4 is 5.73 Å². The molecule has 0 saturated carbocycles. The lowest BCUT2D eigenvalue weighted by Crippen LogP contribution is -2.16. The highest BCUT2D eigenvalue weighted by atomic mass is 16.6. The molecule has 21 heavy (non-hydrogen) atoms. The topological polar surface area (TPSA) is 124 Å². The number of amidine groups is 1. The largest absolute Gasteiger partial charge is 0.384 e. The molecule has 2 aromatic heterocycles. The van der Waals surface area contributed by atoms with E-state index in [2.05, 4.69) is 10.1 Å². The summed E-state index contributed by atoms with van der Waals surface area (Å²) in [6.45, 7) is 0. The number of nitrogen functional groups attached to an aromatic ring is 1. The quantitative estimate of drug-likeness (QED) is 0.327. The Morgan fingerprint density at radius 1 is 1.33 bits per heavy atom. The molecule has 0 saturated heterocycles. The highest BCUT2D eigenvalue weighted by molar-refractivity contribution is 6.04. The van der Waals surface area contributed by atoms with Crippen LogP contribution in [0.25, 0.3) is 16.6 Å². The van der Waals surface area contributed by atoms with Crippen LogP contribution >= 0.6 is 0 Å². The van der Waals surface area contributed by atoms with Crippen LogP contribution in [0.1, 0.15) is 5.56 Å². The van der Waals surface area contributed by atoms with E-state index in [1.807, 2.05) is 12.1 Å². The molecule has 0 unspecified atom stereocenters. The highest BCUT2D eigenvalue weighted by Gasteiger charge is 2.17. The first-order valence-electron chi connectivity index (χ1n) is 5.99. The van der Waals surface area contributed by atoms with Gasteiger partial charge in [0.15, 0.2) is 0 Å². The van der Waals surface area contributed by atoms with Crippen LogP contribution in [0, 0.1) is 15.5 Å². The van der Waals surface area contributed by atoms with E-state index >= 15 is 0 Å². The number of nitrogens with zero attached hydrogens (tertiary/aromatic N) is 4. The van der Waals surface area contributed by atoms with Crippen LogP contribution in [-0.4, -0.2) is 25.5 Å². The lowest BCUT2D eigenvalue weighted by molar-refractivity contribution is -0.384. The van der Waals surface area contributed by atoms with Crippen molar-refractivity contribution in [3.8, 4) is 5.69 Å². The molecule has 0 radical (unpaired) electrons. The molecule has 104 valence electrons. The van der Waals surface area contributed by atoms with E-state index in [-0.39, 0.29) is 11.5 Å². The zero-order valence-corrected chi connectivity index (χ0v) is 10.7. The number of hydrogen-bond acceptors (Lipinski definition) is 5. The molecule has 8 heteroatoms. The summed E-state index contributed by atoms with van der Waals surface area (Å²) >= 11 is 0. The number of rotatable bonds is 3. The van der Waals surface area contributed by atoms with Gasteiger partial charge < -0.3 is 5.73 Å². The number of benzene rings is 1. The Balaban J connectivity index is 2.34. The van der Waals surface area contributed by atoms with E-state index in [0.29, 0.717) is 22.2 Å². The van der Waals surface area contributed by atoms with Gasteiger partial charge in [-0.25, -0.2) is 4.68 Å². The van der Waals surface area contributed by atoms with Crippen LogP contribution in [0.4, 0.5) is 5.69 Å². The van der Waals surface area contributed by atoms with Crippen molar-refractivity contribution in [3.63, 3.8) is 0 Å². The Labute approximate surface area is 118 Å². The van der Waals surface area contributed by atoms with E-state index < -0.39 is 4.92 Å². The third-order valence-electron chi connectivity index (χ3n) is 3.05. The molecule has 0 atom stereocenters. The number of aromatic nitrogens is 3. The van der Waals surface area contributed by atoms with Crippen molar-refractivity contribution in [3.05, 3.63) is 58.5 Å². The Kier molecular flexibility index (Phi) is 2.83. The fourth-order valence-corrected chi connectivity index (χ4v) is 2.10. The van der Waals surface area contributed by atoms with E-state index in [1.54, 1.807) is 12.1 Å². The van der Waals surface area contributed by atoms with E-state index in [4.69, 9.17) is 11.1 Å². The molecule has 0 aliphatic carbocycles. The Bertz CT molecular complexity index is 870. The summed E-state index contributed by atoms with van der Waals surface area (Å²) in [5, 5.41) is 23.2. The average molecular weight is 282 g/mol. The maximum Gasteiger partial charge on any atom is 0.307 e. The second-order valence-corrected chi connectivity index (χ2v) is 4.35. The molecule has 0 aliphatic heterocycles. The molecule has 0 fully saturated rings. The molecular formula is C13H10N6O2. The standard InChI is InChI=1S/C13H10N6O2/c14-13(15)10-6-16-11-4-2-1-3-9(11)12(10)18-7-8(5-17-18)19(20)21/h1-7H,(H3,14,15). The van der Waals surface area contributed by atoms with Crippen LogP contribution in [-0.2, 0) is 0 Å². The normalized spacial score (nSPS) is 10.7. The van der Waals surface area contributed by atoms with Gasteiger partial charge in [-0.3, -0.25) is 20.5 Å². The van der Waals surface area contributed by atoms with E-state index in [9.17, 15) is 10.1 Å². The SMILES string of the molecule is N=C(N)c1cnc2ccccc2c1-n1cc([N+](=O)[O-])cn1. The number of pyridine rings is 1. The monoisotopic (exact) mass is 282 g/mol. The van der Waals surface area contributed by atoms with Crippen molar-refractivity contribution in [1.82, 2.24) is 14.8 Å². The predicted molar refractivity (Wildman–Crippen MR) is 76.5 cm³/mol. The van der Waals surface area contributed by atoms with Crippen molar-refractivity contribution in [2.24, 2.45) is 5.73 Å². The summed E-state index contributed by atoms with van der Waals surface area (Å²) in [6, 6.07) is 7.26. The van der Waals surface area contributed by atoms with Gasteiger partial charge in [0.05, 0.1) is 21.7 Å². The second kappa shape index (κ2) is 4.67. The molecule has 2 heterocycles. The van der Waals surface area contributed by atoms with Crippen molar-refractivity contribution >= 4 is 22.4 Å². The van der Waals surface area contributed by atoms with Crippen molar-refractivity contribution in [2.75, 3.05) is 0 Å². The molecule has 0 amide bonds. The smallest absolute Gasteiger partial charge is 0.307 e. The van der Waals surface area contributed by atoms with Crippen LogP contribution in [0.3, 0.4) is 0 Å². The Morgan fingerprint density at radius 3 is 2.76 bits per heavy atom. The molecule has 0 bridgehead atoms. The molecule has 8 nitrogen and oxygen atoms in total. The first kappa shape index (κ1) is 12.7. The van der Waals surface area contributed by atoms with Crippen LogP contribution in [0.2, 0.25) is 0 Å². The van der Waals surface area contributed by atoms with Gasteiger partial charge in [-0.2, -0.15) is 5.10 Å². The Hall–Kier alpha value is -3.29. The minimum absolute atomic E-state index is 0.134. The summed E-state index contributed by atoms with van der Waals surface area (Å²) in [5.41, 5.74) is 7.00. The molecule has 3 N–H and O–H groups in total. The number of fused-ring (bicyclic) bond motifs is 1. The van der Waals surface area contributed by atoms with Gasteiger partial charge in [-0.1, -0.05) is 18.2 Å². The first-order valence-corrected chi connectivity index (χ1v) is 5.99. The predicted octanol–water partition coefficient (Wildman–Crippen LogP) is 1.61. The van der Waals surface area contributed by atoms with Gasteiger partial charge in [0.1, 0.15) is 18.2 Å². The van der Waals surface area contributed by atoms with Crippen molar-refractivity contribution in [2.45, 2.75) is 0 Å². The zero-order valence-electron chi connectivity index (χ0n) is 10.7. The fraction of sp³-hybridized carbons (Fsp3) is 0. The van der Waals surface area contributed by atoms with E-state index in [1.165, 1.54) is 17.1 Å². The van der Waals surface area contributed by atoms with Gasteiger partial charge in [0.2, 0.25) is 0 Å². The number of hydrogen-bond donors (Lipinski definition) is 2. The van der Waals surface area contributed by atoms with Gasteiger partial charge in [0, 0.05) is 11.6 Å². The molecular weight excluding hydrogens is 272 g/mol. The minimum Gasteiger partial charge on any atom is -0.384 e. The summed E-state index contributed by atoms with van der Waals surface area (Å²) in [7, 11) is 0. The van der Waals surface area contributed by atoms with Crippen molar-refractivity contribution in [1.29, 1.82) is 5.41 Å². The summed E-state index contributed by atoms with van der Waals surface area (Å²) in [5.74, 6) is -0.179. The summed E-state index contributed by atoms with van der Waals surface area (Å²) < 4.78 is 1.35. The zero-order chi connectivity index (χ0) is 15.0. The highest BCUT2D eigenvalue weighted by Crippen LogP contribution is 2.25. The third kappa shape index (κ3) is 2.08. The fourth-order valence-electron chi connectivity index (χ4n) is 2.10. The Morgan fingerprint density at radius 2 is 2.10 bits per heavy atom. The lowest BCUT2D eigenvalue weighted by atomic mass is 10.1. The maximum atomic E-state index is 10.8. The molecule has 3 aromatic rings. The van der Waals surface area contributed by atoms with Gasteiger partial charge in [0.25, 0.3) is 0 Å². The van der Waals surface area contributed by atoms with Crippen molar-refractivity contribution < 1.29 is 4.92 Å². The van der Waals surface area contributed by atoms with Gasteiger partial charge in [-0.15, -0.1) is 0 Å². The van der Waals surface area contributed by atoms with E-state index in [0.717, 1.165) is 6.20 Å². The maximum absolute atomic E-state index is 10.8. The number of nitrogens with two attached hydrogens (primary N) is 1. The number of nitro groups is 1. The summed E-state index contributed by atoms with van der Waals surface area (Å²) in [4.78, 5) is 14.5. The molecule has 3 rings (SSSR count). The second-order valence-electron chi connectivity index (χ2n) is 4.35. The van der Waals surface area contributed by atoms with Crippen LogP contribution in [0.15, 0.2) is 42.9 Å². The molecule has 0 spiro atoms. The van der Waals surface area contributed by atoms with Gasteiger partial charge >= 0.3 is 5.69 Å². The summed E-state index contributed by atoms with van der Waals surface area (Å²) in [6.07, 6.45) is 3.90. The third-order valence-corrected chi connectivity index (χ3v) is 3.05. The minimum atomic E-state index is -0.527. The van der Waals surface area contributed by atoms with Gasteiger partial charge in [-0.05, 0) is 6.07 Å². The number of nitrogens with one attached hydrogen (secondary N) is 1. The molecule has 1 aromatic carbocycles.